The summed E-state index contributed by atoms with van der Waals surface area (Å²) in [5.74, 6) is -4.20. The molecule has 1 N–H and O–H groups in total. The van der Waals surface area contributed by atoms with Crippen LogP contribution in [0.2, 0.25) is 0 Å². The Morgan fingerprint density at radius 3 is 2.07 bits per heavy atom. The van der Waals surface area contributed by atoms with Crippen LogP contribution < -0.4 is 0 Å². The summed E-state index contributed by atoms with van der Waals surface area (Å²) < 4.78 is 24.2. The second kappa shape index (κ2) is 10.9. The third kappa shape index (κ3) is 4.20. The molecule has 1 aromatic rings. The second-order valence-electron chi connectivity index (χ2n) is 13.7. The summed E-state index contributed by atoms with van der Waals surface area (Å²) in [6.07, 6.45) is -3.14. The van der Waals surface area contributed by atoms with Crippen LogP contribution in [0.4, 0.5) is 0 Å². The number of aliphatic hydroxyl groups is 1. The number of hydrogen-bond acceptors (Lipinski definition) is 10. The third-order valence-corrected chi connectivity index (χ3v) is 11.6. The van der Waals surface area contributed by atoms with Gasteiger partial charge in [-0.2, -0.15) is 0 Å². The van der Waals surface area contributed by atoms with Crippen molar-refractivity contribution < 1.29 is 48.0 Å². The van der Waals surface area contributed by atoms with Crippen LogP contribution in [-0.4, -0.2) is 65.3 Å². The van der Waals surface area contributed by atoms with Crippen LogP contribution in [0.1, 0.15) is 66.9 Å². The van der Waals surface area contributed by atoms with Gasteiger partial charge in [-0.05, 0) is 22.6 Å². The number of ether oxygens (including phenoxy) is 4. The molecule has 2 spiro atoms. The second-order valence-corrected chi connectivity index (χ2v) is 13.7. The summed E-state index contributed by atoms with van der Waals surface area (Å²) in [6, 6.07) is 9.17. The lowest BCUT2D eigenvalue weighted by Crippen LogP contribution is -2.67. The minimum Gasteiger partial charge on any atom is -0.462 e. The van der Waals surface area contributed by atoms with E-state index in [0.717, 1.165) is 5.56 Å². The predicted octanol–water partition coefficient (Wildman–Crippen LogP) is 3.99. The van der Waals surface area contributed by atoms with Gasteiger partial charge in [0, 0.05) is 62.4 Å². The molecule has 0 heterocycles. The molecule has 242 valence electrons. The zero-order valence-corrected chi connectivity index (χ0v) is 26.8. The highest BCUT2D eigenvalue weighted by atomic mass is 16.6. The summed E-state index contributed by atoms with van der Waals surface area (Å²) >= 11 is 0. The van der Waals surface area contributed by atoms with E-state index in [0.29, 0.717) is 5.57 Å². The molecule has 0 aliphatic heterocycles. The van der Waals surface area contributed by atoms with Crippen LogP contribution in [0, 0.1) is 33.5 Å². The van der Waals surface area contributed by atoms with Crippen LogP contribution >= 0.6 is 0 Å². The first-order chi connectivity index (χ1) is 21.0. The molecular formula is C35H42O10. The summed E-state index contributed by atoms with van der Waals surface area (Å²) in [7, 11) is 0. The van der Waals surface area contributed by atoms with E-state index in [1.807, 2.05) is 44.2 Å². The van der Waals surface area contributed by atoms with Crippen molar-refractivity contribution in [3.63, 3.8) is 0 Å². The Morgan fingerprint density at radius 2 is 1.49 bits per heavy atom. The summed E-state index contributed by atoms with van der Waals surface area (Å²) in [6.45, 7) is 15.5. The number of rotatable bonds is 6. The van der Waals surface area contributed by atoms with E-state index in [1.165, 1.54) is 26.8 Å². The summed E-state index contributed by atoms with van der Waals surface area (Å²) in [4.78, 5) is 65.4. The Morgan fingerprint density at radius 1 is 0.911 bits per heavy atom. The molecule has 10 nitrogen and oxygen atoms in total. The van der Waals surface area contributed by atoms with Crippen LogP contribution in [-0.2, 0) is 42.9 Å². The number of fused-ring (bicyclic) bond motifs is 1. The van der Waals surface area contributed by atoms with Crippen molar-refractivity contribution in [1.82, 2.24) is 0 Å². The number of esters is 4. The van der Waals surface area contributed by atoms with Gasteiger partial charge < -0.3 is 24.1 Å². The quantitative estimate of drug-likeness (QED) is 0.214. The van der Waals surface area contributed by atoms with Crippen molar-refractivity contribution in [3.8, 4) is 0 Å². The molecule has 0 saturated heterocycles. The first-order valence-corrected chi connectivity index (χ1v) is 15.3. The lowest BCUT2D eigenvalue weighted by molar-refractivity contribution is -0.213. The first kappa shape index (κ1) is 32.6. The van der Waals surface area contributed by atoms with Crippen molar-refractivity contribution in [3.05, 3.63) is 54.1 Å². The number of carbonyl (C=O) groups is 5. The highest BCUT2D eigenvalue weighted by molar-refractivity contribution is 5.88. The minimum atomic E-state index is -1.54. The van der Waals surface area contributed by atoms with Gasteiger partial charge in [0.25, 0.3) is 0 Å². The number of benzene rings is 1. The zero-order valence-electron chi connectivity index (χ0n) is 26.8. The average Bonchev–Trinajstić information content (AvgIpc) is 3.19. The van der Waals surface area contributed by atoms with Gasteiger partial charge in [0.05, 0.1) is 5.41 Å². The summed E-state index contributed by atoms with van der Waals surface area (Å²) in [5, 5.41) is 12.4. The molecule has 0 unspecified atom stereocenters. The number of aliphatic hydroxyl groups excluding tert-OH is 1. The fourth-order valence-electron chi connectivity index (χ4n) is 10.2. The Bertz CT molecular complexity index is 1480. The monoisotopic (exact) mass is 622 g/mol. The number of hydrogen-bond donors (Lipinski definition) is 1. The molecule has 10 heteroatoms. The Kier molecular flexibility index (Phi) is 7.92. The van der Waals surface area contributed by atoms with Gasteiger partial charge in [-0.3, -0.25) is 19.2 Å². The molecule has 0 amide bonds. The molecule has 4 aliphatic rings. The molecule has 4 aliphatic carbocycles. The van der Waals surface area contributed by atoms with Crippen molar-refractivity contribution >= 4 is 35.7 Å². The highest BCUT2D eigenvalue weighted by Gasteiger charge is 2.93. The largest absolute Gasteiger partial charge is 0.462 e. The van der Waals surface area contributed by atoms with Crippen molar-refractivity contribution in [1.29, 1.82) is 0 Å². The Balaban J connectivity index is 1.78. The molecule has 5 rings (SSSR count). The smallest absolute Gasteiger partial charge is 0.331 e. The van der Waals surface area contributed by atoms with Gasteiger partial charge in [-0.15, -0.1) is 0 Å². The topological polar surface area (TPSA) is 142 Å². The van der Waals surface area contributed by atoms with E-state index in [1.54, 1.807) is 19.9 Å². The molecule has 1 aromatic carbocycles. The van der Waals surface area contributed by atoms with Gasteiger partial charge in [-0.1, -0.05) is 64.6 Å². The van der Waals surface area contributed by atoms with Gasteiger partial charge in [0.1, 0.15) is 36.3 Å². The van der Waals surface area contributed by atoms with Crippen molar-refractivity contribution in [2.24, 2.45) is 33.5 Å². The van der Waals surface area contributed by atoms with Crippen molar-refractivity contribution in [2.75, 3.05) is 0 Å². The zero-order chi connectivity index (χ0) is 33.3. The lowest BCUT2D eigenvalue weighted by atomic mass is 9.42. The molecule has 4 fully saturated rings. The van der Waals surface area contributed by atoms with E-state index < -0.39 is 87.9 Å². The average molecular weight is 623 g/mol. The van der Waals surface area contributed by atoms with E-state index in [4.69, 9.17) is 18.9 Å². The van der Waals surface area contributed by atoms with E-state index >= 15 is 0 Å². The predicted molar refractivity (Wildman–Crippen MR) is 161 cm³/mol. The number of Topliss-reactive ketones (excluding diaryl/α,β-unsaturated/α-hetero) is 1. The molecule has 45 heavy (non-hydrogen) atoms. The van der Waals surface area contributed by atoms with Crippen LogP contribution in [0.15, 0.2) is 48.6 Å². The van der Waals surface area contributed by atoms with Gasteiger partial charge in [0.2, 0.25) is 0 Å². The molecule has 0 radical (unpaired) electrons. The maximum absolute atomic E-state index is 13.9. The van der Waals surface area contributed by atoms with Gasteiger partial charge in [-0.25, -0.2) is 4.79 Å². The Hall–Kier alpha value is -3.79. The number of ketones is 1. The van der Waals surface area contributed by atoms with Crippen molar-refractivity contribution in [2.45, 2.75) is 91.8 Å². The SMILES string of the molecule is C=C1[C@@H](OC(=O)C=Cc2ccccc2)C[C@@H](OC(C)=O)[C@@]2(C)[C@@H](O)[C@H](OC(C)=O)[C@@]34[C@H](C)C(=O)C[C@@H]([C@@H](OC(C)=O)[C@]123)C4(C)C. The third-order valence-electron chi connectivity index (χ3n) is 11.6. The van der Waals surface area contributed by atoms with Crippen LogP contribution in [0.25, 0.3) is 6.08 Å². The Labute approximate surface area is 263 Å². The summed E-state index contributed by atoms with van der Waals surface area (Å²) in [5.41, 5.74) is -4.26. The standard InChI is InChI=1S/C35H42O10/c1-18-25(39)16-24-30(43-21(4)37)35-19(2)26(45-28(40)15-14-23-12-10-9-11-13-23)17-27(42-20(3)36)33(35,8)29(41)31(44-22(5)38)34(18,35)32(24,6)7/h9-15,18,24,26-27,29-31,41H,2,16-17H2,1,3-8H3/t18-,24+,26+,27-,29+,30-,31+,33+,34-,35-/m1/s1. The van der Waals surface area contributed by atoms with E-state index in [2.05, 4.69) is 6.58 Å². The first-order valence-electron chi connectivity index (χ1n) is 15.3. The molecule has 4 saturated carbocycles. The highest BCUT2D eigenvalue weighted by Crippen LogP contribution is 2.86. The van der Waals surface area contributed by atoms with Gasteiger partial charge >= 0.3 is 23.9 Å². The fourth-order valence-corrected chi connectivity index (χ4v) is 10.2. The van der Waals surface area contributed by atoms with Gasteiger partial charge in [0.15, 0.2) is 0 Å². The maximum atomic E-state index is 13.9. The molecule has 10 atom stereocenters. The minimum absolute atomic E-state index is 0.0599. The fraction of sp³-hybridized carbons (Fsp3) is 0.571. The lowest BCUT2D eigenvalue weighted by Gasteiger charge is -2.62. The normalized spacial score (nSPS) is 39.5. The number of carbonyl (C=O) groups excluding carboxylic acids is 5. The van der Waals surface area contributed by atoms with E-state index in [9.17, 15) is 29.1 Å². The van der Waals surface area contributed by atoms with E-state index in [-0.39, 0.29) is 18.6 Å². The van der Waals surface area contributed by atoms with Crippen LogP contribution in [0.3, 0.4) is 0 Å². The van der Waals surface area contributed by atoms with Crippen LogP contribution in [0.5, 0.6) is 0 Å². The molecular weight excluding hydrogens is 580 g/mol. The maximum Gasteiger partial charge on any atom is 0.331 e. The molecule has 2 bridgehead atoms. The molecule has 0 aromatic heterocycles.